The van der Waals surface area contributed by atoms with Gasteiger partial charge in [-0.2, -0.15) is 0 Å². The summed E-state index contributed by atoms with van der Waals surface area (Å²) in [5, 5.41) is 26.4. The molecule has 0 saturated heterocycles. The maximum absolute atomic E-state index is 11.8. The molecule has 26 heavy (non-hydrogen) atoms. The van der Waals surface area contributed by atoms with Crippen LogP contribution >= 0.6 is 11.3 Å². The standard InChI is InChI=1S/C13H16N6O5S2/c14-26(23,24)6-10(20)16-12(7-1-2-7)8-3-19(18-17-8)4-11-15-9(5-25-11)13(21)22/h3,5,7,12H,1-2,4,6H2,(H,16,20)(H,21,22)(H2,14,23,24). The van der Waals surface area contributed by atoms with Gasteiger partial charge in [-0.1, -0.05) is 5.21 Å². The first-order chi connectivity index (χ1) is 12.2. The Morgan fingerprint density at radius 1 is 1.46 bits per heavy atom. The molecule has 1 amide bonds. The summed E-state index contributed by atoms with van der Waals surface area (Å²) < 4.78 is 23.6. The van der Waals surface area contributed by atoms with Gasteiger partial charge in [0.2, 0.25) is 15.9 Å². The zero-order valence-electron chi connectivity index (χ0n) is 13.4. The molecule has 1 aliphatic carbocycles. The number of aromatic nitrogens is 4. The van der Waals surface area contributed by atoms with Gasteiger partial charge in [-0.15, -0.1) is 16.4 Å². The maximum atomic E-state index is 11.8. The summed E-state index contributed by atoms with van der Waals surface area (Å²) in [7, 11) is -3.90. The zero-order valence-corrected chi connectivity index (χ0v) is 15.0. The van der Waals surface area contributed by atoms with Crippen LogP contribution in [-0.2, 0) is 21.4 Å². The van der Waals surface area contributed by atoms with Crippen molar-refractivity contribution < 1.29 is 23.1 Å². The van der Waals surface area contributed by atoms with E-state index in [1.165, 1.54) is 21.4 Å². The van der Waals surface area contributed by atoms with E-state index < -0.39 is 33.7 Å². The van der Waals surface area contributed by atoms with Crippen LogP contribution in [0, 0.1) is 5.92 Å². The predicted molar refractivity (Wildman–Crippen MR) is 89.8 cm³/mol. The molecule has 0 spiro atoms. The van der Waals surface area contributed by atoms with Crippen molar-refractivity contribution in [3.05, 3.63) is 28.0 Å². The van der Waals surface area contributed by atoms with E-state index in [0.717, 1.165) is 12.8 Å². The van der Waals surface area contributed by atoms with Crippen molar-refractivity contribution in [1.29, 1.82) is 0 Å². The van der Waals surface area contributed by atoms with Crippen molar-refractivity contribution in [2.45, 2.75) is 25.4 Å². The molecular weight excluding hydrogens is 384 g/mol. The Hall–Kier alpha value is -2.38. The molecule has 4 N–H and O–H groups in total. The highest BCUT2D eigenvalue weighted by Gasteiger charge is 2.35. The highest BCUT2D eigenvalue weighted by molar-refractivity contribution is 7.89. The SMILES string of the molecule is NS(=O)(=O)CC(=O)NC(c1cn(Cc2nc(C(=O)O)cs2)nn1)C1CC1. The van der Waals surface area contributed by atoms with Gasteiger partial charge >= 0.3 is 5.97 Å². The lowest BCUT2D eigenvalue weighted by atomic mass is 10.1. The molecule has 1 fully saturated rings. The Kier molecular flexibility index (Phi) is 5.02. The number of nitrogens with zero attached hydrogens (tertiary/aromatic N) is 4. The van der Waals surface area contributed by atoms with Gasteiger partial charge in [-0.3, -0.25) is 4.79 Å². The van der Waals surface area contributed by atoms with Crippen LogP contribution in [0.25, 0.3) is 0 Å². The Morgan fingerprint density at radius 2 is 2.19 bits per heavy atom. The summed E-state index contributed by atoms with van der Waals surface area (Å²) in [5.41, 5.74) is 0.474. The molecule has 0 aromatic carbocycles. The molecule has 0 radical (unpaired) electrons. The van der Waals surface area contributed by atoms with Crippen molar-refractivity contribution in [3.63, 3.8) is 0 Å². The Balaban J connectivity index is 1.69. The summed E-state index contributed by atoms with van der Waals surface area (Å²) in [6.07, 6.45) is 3.41. The molecule has 1 atom stereocenters. The molecule has 3 rings (SSSR count). The molecule has 0 aliphatic heterocycles. The Labute approximate surface area is 152 Å². The number of carbonyl (C=O) groups is 2. The second kappa shape index (κ2) is 7.09. The summed E-state index contributed by atoms with van der Waals surface area (Å²) in [4.78, 5) is 26.7. The van der Waals surface area contributed by atoms with Gasteiger partial charge in [-0.25, -0.2) is 28.0 Å². The van der Waals surface area contributed by atoms with E-state index in [2.05, 4.69) is 20.6 Å². The maximum Gasteiger partial charge on any atom is 0.355 e. The molecule has 1 aliphatic rings. The van der Waals surface area contributed by atoms with Crippen molar-refractivity contribution in [1.82, 2.24) is 25.3 Å². The van der Waals surface area contributed by atoms with E-state index in [9.17, 15) is 18.0 Å². The second-order valence-corrected chi connectivity index (χ2v) is 8.52. The van der Waals surface area contributed by atoms with Gasteiger partial charge < -0.3 is 10.4 Å². The van der Waals surface area contributed by atoms with Crippen LogP contribution in [-0.4, -0.2) is 51.1 Å². The van der Waals surface area contributed by atoms with Crippen LogP contribution in [0.1, 0.15) is 40.1 Å². The molecule has 11 nitrogen and oxygen atoms in total. The second-order valence-electron chi connectivity index (χ2n) is 5.96. The van der Waals surface area contributed by atoms with Gasteiger partial charge in [0.05, 0.1) is 18.8 Å². The lowest BCUT2D eigenvalue weighted by Crippen LogP contribution is -2.36. The van der Waals surface area contributed by atoms with E-state index >= 15 is 0 Å². The van der Waals surface area contributed by atoms with Crippen molar-refractivity contribution >= 4 is 33.2 Å². The number of sulfonamides is 1. The number of nitrogens with one attached hydrogen (secondary N) is 1. The van der Waals surface area contributed by atoms with Crippen molar-refractivity contribution in [3.8, 4) is 0 Å². The first-order valence-electron chi connectivity index (χ1n) is 7.59. The highest BCUT2D eigenvalue weighted by Crippen LogP contribution is 2.40. The number of hydrogen-bond donors (Lipinski definition) is 3. The number of nitrogens with two attached hydrogens (primary N) is 1. The third-order valence-electron chi connectivity index (χ3n) is 3.69. The average molecular weight is 400 g/mol. The fraction of sp³-hybridized carbons (Fsp3) is 0.462. The van der Waals surface area contributed by atoms with Gasteiger partial charge in [0, 0.05) is 5.38 Å². The summed E-state index contributed by atoms with van der Waals surface area (Å²) in [6.45, 7) is 0.244. The zero-order chi connectivity index (χ0) is 18.9. The molecular formula is C13H16N6O5S2. The number of amides is 1. The van der Waals surface area contributed by atoms with Crippen LogP contribution in [0.4, 0.5) is 0 Å². The van der Waals surface area contributed by atoms with E-state index in [4.69, 9.17) is 10.2 Å². The van der Waals surface area contributed by atoms with Gasteiger partial charge in [0.25, 0.3) is 0 Å². The van der Waals surface area contributed by atoms with Crippen LogP contribution < -0.4 is 10.5 Å². The van der Waals surface area contributed by atoms with Crippen LogP contribution in [0.3, 0.4) is 0 Å². The van der Waals surface area contributed by atoms with Crippen LogP contribution in [0.5, 0.6) is 0 Å². The molecule has 0 bridgehead atoms. The van der Waals surface area contributed by atoms with Gasteiger partial charge in [0.1, 0.15) is 16.5 Å². The minimum Gasteiger partial charge on any atom is -0.476 e. The van der Waals surface area contributed by atoms with Gasteiger partial charge in [0.15, 0.2) is 5.69 Å². The first-order valence-corrected chi connectivity index (χ1v) is 10.2. The minimum absolute atomic E-state index is 0.0311. The summed E-state index contributed by atoms with van der Waals surface area (Å²) >= 11 is 1.20. The minimum atomic E-state index is -3.90. The van der Waals surface area contributed by atoms with E-state index in [1.807, 2.05) is 0 Å². The predicted octanol–water partition coefficient (Wildman–Crippen LogP) is -0.663. The molecule has 1 saturated carbocycles. The first kappa shape index (κ1) is 18.4. The van der Waals surface area contributed by atoms with Crippen LogP contribution in [0.2, 0.25) is 0 Å². The van der Waals surface area contributed by atoms with E-state index in [0.29, 0.717) is 10.7 Å². The van der Waals surface area contributed by atoms with Crippen molar-refractivity contribution in [2.75, 3.05) is 5.75 Å². The third kappa shape index (κ3) is 4.83. The van der Waals surface area contributed by atoms with E-state index in [-0.39, 0.29) is 18.2 Å². The average Bonchev–Trinajstić information content (AvgIpc) is 3.06. The van der Waals surface area contributed by atoms with Gasteiger partial charge in [-0.05, 0) is 18.8 Å². The van der Waals surface area contributed by atoms with E-state index in [1.54, 1.807) is 6.20 Å². The number of hydrogen-bond acceptors (Lipinski definition) is 8. The lowest BCUT2D eigenvalue weighted by molar-refractivity contribution is -0.119. The molecule has 2 aromatic heterocycles. The number of carbonyl (C=O) groups excluding carboxylic acids is 1. The number of rotatable bonds is 8. The molecule has 2 heterocycles. The number of primary sulfonamides is 1. The third-order valence-corrected chi connectivity index (χ3v) is 5.18. The topological polar surface area (TPSA) is 170 Å². The monoisotopic (exact) mass is 400 g/mol. The summed E-state index contributed by atoms with van der Waals surface area (Å²) in [6, 6.07) is -0.441. The van der Waals surface area contributed by atoms with Crippen LogP contribution in [0.15, 0.2) is 11.6 Å². The molecule has 1 unspecified atom stereocenters. The highest BCUT2D eigenvalue weighted by atomic mass is 32.2. The molecule has 140 valence electrons. The fourth-order valence-corrected chi connectivity index (χ4v) is 3.62. The molecule has 2 aromatic rings. The quantitative estimate of drug-likeness (QED) is 0.524. The Bertz CT molecular complexity index is 932. The largest absolute Gasteiger partial charge is 0.476 e. The fourth-order valence-electron chi connectivity index (χ4n) is 2.41. The smallest absolute Gasteiger partial charge is 0.355 e. The number of carboxylic acid groups (broad SMARTS) is 1. The molecule has 13 heteroatoms. The van der Waals surface area contributed by atoms with Crippen molar-refractivity contribution in [2.24, 2.45) is 11.1 Å². The number of carboxylic acids is 1. The summed E-state index contributed by atoms with van der Waals surface area (Å²) in [5.74, 6) is -2.41. The number of thiazole rings is 1. The lowest BCUT2D eigenvalue weighted by Gasteiger charge is -2.15. The normalized spacial score (nSPS) is 15.6. The number of aromatic carboxylic acids is 1. The Morgan fingerprint density at radius 3 is 2.77 bits per heavy atom.